The van der Waals surface area contributed by atoms with Crippen molar-refractivity contribution in [3.05, 3.63) is 0 Å². The van der Waals surface area contributed by atoms with Crippen molar-refractivity contribution >= 4 is 5.78 Å². The Kier molecular flexibility index (Phi) is 10.6. The number of nitrogens with zero attached hydrogens (tertiary/aromatic N) is 1. The molecule has 0 aromatic carbocycles. The molecule has 0 saturated heterocycles. The zero-order valence-corrected chi connectivity index (χ0v) is 7.77. The first-order chi connectivity index (χ1) is 4.54. The maximum atomic E-state index is 10.2. The smallest absolute Gasteiger partial charge is 0.143 e. The maximum Gasteiger partial charge on any atom is 0.143 e. The third-order valence-corrected chi connectivity index (χ3v) is 0.539. The second-order valence-electron chi connectivity index (χ2n) is 2.65. The summed E-state index contributed by atoms with van der Waals surface area (Å²) < 4.78 is 0. The summed E-state index contributed by atoms with van der Waals surface area (Å²) in [6.07, 6.45) is 1.25. The van der Waals surface area contributed by atoms with Crippen LogP contribution in [0.25, 0.3) is 0 Å². The molecule has 0 rings (SSSR count). The van der Waals surface area contributed by atoms with Crippen molar-refractivity contribution < 1.29 is 4.79 Å². The summed E-state index contributed by atoms with van der Waals surface area (Å²) in [6.45, 7) is 6.39. The highest BCUT2D eigenvalue weighted by Crippen LogP contribution is 1.72. The molecule has 0 N–H and O–H groups in total. The molecule has 0 saturated carbocycles. The lowest BCUT2D eigenvalue weighted by atomic mass is 10.4. The third kappa shape index (κ3) is 25.5. The van der Waals surface area contributed by atoms with Gasteiger partial charge in [0, 0.05) is 0 Å². The molecule has 0 heterocycles. The summed E-state index contributed by atoms with van der Waals surface area (Å²) in [4.78, 5) is 12.1. The minimum atomic E-state index is 0.213. The van der Waals surface area contributed by atoms with Crippen molar-refractivity contribution in [1.82, 2.24) is 4.90 Å². The number of ketones is 1. The van der Waals surface area contributed by atoms with Crippen molar-refractivity contribution in [1.29, 1.82) is 0 Å². The van der Waals surface area contributed by atoms with Gasteiger partial charge < -0.3 is 4.90 Å². The van der Waals surface area contributed by atoms with Crippen LogP contribution in [0, 0.1) is 0 Å². The van der Waals surface area contributed by atoms with E-state index in [2.05, 4.69) is 13.8 Å². The Morgan fingerprint density at radius 2 is 1.60 bits per heavy atom. The Morgan fingerprint density at radius 3 is 1.60 bits per heavy atom. The minimum Gasteiger partial charge on any atom is -0.302 e. The number of carbonyl (C=O) groups excluding carboxylic acids is 1. The Bertz CT molecular complexity index is 79.3. The van der Waals surface area contributed by atoms with E-state index < -0.39 is 0 Å². The summed E-state index contributed by atoms with van der Waals surface area (Å²) in [6, 6.07) is 0. The first-order valence-electron chi connectivity index (χ1n) is 3.68. The molecule has 0 atom stereocenters. The molecule has 0 unspecified atom stereocenters. The highest BCUT2D eigenvalue weighted by Gasteiger charge is 1.91. The second kappa shape index (κ2) is 8.63. The molecule has 2 heteroatoms. The van der Waals surface area contributed by atoms with Crippen LogP contribution in [-0.4, -0.2) is 31.3 Å². The van der Waals surface area contributed by atoms with Gasteiger partial charge in [0.05, 0.1) is 6.54 Å². The molecule has 0 fully saturated rings. The summed E-state index contributed by atoms with van der Waals surface area (Å²) in [7, 11) is 3.75. The van der Waals surface area contributed by atoms with Gasteiger partial charge in [0.1, 0.15) is 5.78 Å². The average Bonchev–Trinajstić information content (AvgIpc) is 1.62. The fraction of sp³-hybridized carbons (Fsp3) is 0.875. The normalized spacial score (nSPS) is 8.60. The van der Waals surface area contributed by atoms with Crippen LogP contribution in [0.2, 0.25) is 0 Å². The predicted octanol–water partition coefficient (Wildman–Crippen LogP) is 1.55. The van der Waals surface area contributed by atoms with Crippen LogP contribution in [0.4, 0.5) is 0 Å². The van der Waals surface area contributed by atoms with Crippen LogP contribution >= 0.6 is 0 Å². The van der Waals surface area contributed by atoms with E-state index in [4.69, 9.17) is 0 Å². The molecule has 0 aliphatic heterocycles. The quantitative estimate of drug-likeness (QED) is 0.587. The molecule has 0 radical (unpaired) electrons. The van der Waals surface area contributed by atoms with Crippen molar-refractivity contribution in [2.75, 3.05) is 20.6 Å². The lowest BCUT2D eigenvalue weighted by Crippen LogP contribution is -2.18. The fourth-order valence-corrected chi connectivity index (χ4v) is 0.445. The summed E-state index contributed by atoms with van der Waals surface area (Å²) in [5.74, 6) is 0.213. The Morgan fingerprint density at radius 1 is 1.30 bits per heavy atom. The lowest BCUT2D eigenvalue weighted by molar-refractivity contribution is -0.117. The van der Waals surface area contributed by atoms with Crippen molar-refractivity contribution in [3.8, 4) is 0 Å². The van der Waals surface area contributed by atoms with Gasteiger partial charge in [-0.2, -0.15) is 0 Å². The number of hydrogen-bond acceptors (Lipinski definition) is 2. The van der Waals surface area contributed by atoms with Gasteiger partial charge in [-0.3, -0.25) is 4.79 Å². The summed E-state index contributed by atoms with van der Waals surface area (Å²) in [5, 5.41) is 0. The van der Waals surface area contributed by atoms with E-state index in [-0.39, 0.29) is 5.78 Å². The van der Waals surface area contributed by atoms with Crippen molar-refractivity contribution in [2.45, 2.75) is 27.2 Å². The zero-order valence-electron chi connectivity index (χ0n) is 7.77. The predicted molar refractivity (Wildman–Crippen MR) is 45.2 cm³/mol. The molecule has 0 aliphatic rings. The second-order valence-corrected chi connectivity index (χ2v) is 2.65. The van der Waals surface area contributed by atoms with E-state index in [0.29, 0.717) is 6.54 Å². The Labute approximate surface area is 64.2 Å². The van der Waals surface area contributed by atoms with E-state index in [1.54, 1.807) is 6.92 Å². The number of carbonyl (C=O) groups is 1. The SMILES string of the molecule is CC(=O)CN(C)C.CCC. The molecule has 2 nitrogen and oxygen atoms in total. The van der Waals surface area contributed by atoms with E-state index in [0.717, 1.165) is 0 Å². The van der Waals surface area contributed by atoms with Crippen LogP contribution in [0.3, 0.4) is 0 Å². The number of hydrogen-bond donors (Lipinski definition) is 0. The highest BCUT2D eigenvalue weighted by molar-refractivity contribution is 5.77. The van der Waals surface area contributed by atoms with Gasteiger partial charge >= 0.3 is 0 Å². The molecule has 0 aromatic rings. The van der Waals surface area contributed by atoms with Crippen LogP contribution in [-0.2, 0) is 4.79 Å². The van der Waals surface area contributed by atoms with Gasteiger partial charge in [0.15, 0.2) is 0 Å². The number of rotatable bonds is 2. The average molecular weight is 145 g/mol. The van der Waals surface area contributed by atoms with E-state index >= 15 is 0 Å². The monoisotopic (exact) mass is 145 g/mol. The van der Waals surface area contributed by atoms with Gasteiger partial charge in [-0.25, -0.2) is 0 Å². The van der Waals surface area contributed by atoms with Crippen LogP contribution in [0.1, 0.15) is 27.2 Å². The van der Waals surface area contributed by atoms with Gasteiger partial charge in [-0.15, -0.1) is 0 Å². The highest BCUT2D eigenvalue weighted by atomic mass is 16.1. The first kappa shape index (κ1) is 12.3. The molecule has 0 bridgehead atoms. The molecular formula is C8H19NO. The van der Waals surface area contributed by atoms with Gasteiger partial charge in [0.25, 0.3) is 0 Å². The largest absolute Gasteiger partial charge is 0.302 e. The molecule has 0 amide bonds. The van der Waals surface area contributed by atoms with Crippen LogP contribution in [0.5, 0.6) is 0 Å². The van der Waals surface area contributed by atoms with E-state index in [1.807, 2.05) is 19.0 Å². The standard InChI is InChI=1S/C5H11NO.C3H8/c1-5(7)4-6(2)3;1-3-2/h4H2,1-3H3;3H2,1-2H3. The van der Waals surface area contributed by atoms with Gasteiger partial charge in [-0.05, 0) is 21.0 Å². The van der Waals surface area contributed by atoms with Gasteiger partial charge in [0.2, 0.25) is 0 Å². The number of likely N-dealkylation sites (N-methyl/N-ethyl adjacent to an activating group) is 1. The topological polar surface area (TPSA) is 20.3 Å². The van der Waals surface area contributed by atoms with Crippen LogP contribution < -0.4 is 0 Å². The first-order valence-corrected chi connectivity index (χ1v) is 3.68. The van der Waals surface area contributed by atoms with E-state index in [1.165, 1.54) is 6.42 Å². The third-order valence-electron chi connectivity index (χ3n) is 0.539. The van der Waals surface area contributed by atoms with Gasteiger partial charge in [-0.1, -0.05) is 20.3 Å². The van der Waals surface area contributed by atoms with Crippen molar-refractivity contribution in [3.63, 3.8) is 0 Å². The maximum absolute atomic E-state index is 10.2. The van der Waals surface area contributed by atoms with Crippen molar-refractivity contribution in [2.24, 2.45) is 0 Å². The summed E-state index contributed by atoms with van der Waals surface area (Å²) in [5.41, 5.74) is 0. The molecule has 0 aromatic heterocycles. The number of Topliss-reactive ketones (excluding diaryl/α,β-unsaturated/α-hetero) is 1. The Hall–Kier alpha value is -0.370. The molecule has 62 valence electrons. The molecule has 0 spiro atoms. The minimum absolute atomic E-state index is 0.213. The Balaban J connectivity index is 0. The molecule has 0 aliphatic carbocycles. The summed E-state index contributed by atoms with van der Waals surface area (Å²) >= 11 is 0. The zero-order chi connectivity index (χ0) is 8.57. The molecular weight excluding hydrogens is 126 g/mol. The molecule has 10 heavy (non-hydrogen) atoms. The fourth-order valence-electron chi connectivity index (χ4n) is 0.445. The lowest BCUT2D eigenvalue weighted by Gasteiger charge is -2.03. The van der Waals surface area contributed by atoms with E-state index in [9.17, 15) is 4.79 Å². The van der Waals surface area contributed by atoms with Crippen LogP contribution in [0.15, 0.2) is 0 Å².